The fraction of sp³-hybridized carbons (Fsp3) is 0.567. The van der Waals surface area contributed by atoms with Crippen LogP contribution in [0.25, 0.3) is 16.6 Å². The van der Waals surface area contributed by atoms with Crippen molar-refractivity contribution in [1.82, 2.24) is 25.1 Å². The molecule has 2 amide bonds. The third-order valence-corrected chi connectivity index (χ3v) is 8.77. The van der Waals surface area contributed by atoms with Gasteiger partial charge < -0.3 is 20.1 Å². The van der Waals surface area contributed by atoms with Crippen molar-refractivity contribution < 1.29 is 9.59 Å². The van der Waals surface area contributed by atoms with Crippen LogP contribution in [-0.4, -0.2) is 71.8 Å². The van der Waals surface area contributed by atoms with Crippen LogP contribution in [0, 0.1) is 5.92 Å². The zero-order chi connectivity index (χ0) is 28.1. The van der Waals surface area contributed by atoms with Gasteiger partial charge in [-0.2, -0.15) is 5.10 Å². The Morgan fingerprint density at radius 1 is 1.23 bits per heavy atom. The summed E-state index contributed by atoms with van der Waals surface area (Å²) in [6.45, 7) is 8.88. The number of likely N-dealkylation sites (tertiary alicyclic amines) is 1. The first-order valence-electron chi connectivity index (χ1n) is 14.2. The summed E-state index contributed by atoms with van der Waals surface area (Å²) in [4.78, 5) is 29.0. The second-order valence-electron chi connectivity index (χ2n) is 10.9. The molecule has 1 saturated heterocycles. The fourth-order valence-electron chi connectivity index (χ4n) is 6.20. The summed E-state index contributed by atoms with van der Waals surface area (Å²) >= 11 is 6.41. The largest absolute Gasteiger partial charge is 0.345 e. The van der Waals surface area contributed by atoms with Gasteiger partial charge in [0.15, 0.2) is 0 Å². The zero-order valence-corrected chi connectivity index (χ0v) is 24.5. The van der Waals surface area contributed by atoms with Crippen LogP contribution < -0.4 is 10.6 Å². The molecule has 2 aromatic rings. The molecule has 0 unspecified atom stereocenters. The maximum absolute atomic E-state index is 14.1. The Morgan fingerprint density at radius 3 is 2.64 bits per heavy atom. The van der Waals surface area contributed by atoms with Crippen LogP contribution in [0.3, 0.4) is 0 Å². The van der Waals surface area contributed by atoms with Crippen molar-refractivity contribution in [3.63, 3.8) is 0 Å². The molecule has 212 valence electrons. The van der Waals surface area contributed by atoms with Crippen LogP contribution in [-0.2, 0) is 16.1 Å². The van der Waals surface area contributed by atoms with E-state index in [4.69, 9.17) is 11.6 Å². The molecule has 0 spiro atoms. The van der Waals surface area contributed by atoms with Crippen LogP contribution >= 0.6 is 11.6 Å². The molecular formula is C30H43ClN6O2. The predicted octanol–water partition coefficient (Wildman–Crippen LogP) is 4.87. The van der Waals surface area contributed by atoms with E-state index in [-0.39, 0.29) is 29.8 Å². The number of hydrazone groups is 1. The van der Waals surface area contributed by atoms with E-state index in [2.05, 4.69) is 33.2 Å². The lowest BCUT2D eigenvalue weighted by molar-refractivity contribution is -0.139. The normalized spacial score (nSPS) is 20.2. The molecule has 2 N–H and O–H groups in total. The summed E-state index contributed by atoms with van der Waals surface area (Å²) in [6.07, 6.45) is 11.4. The molecule has 1 aliphatic carbocycles. The van der Waals surface area contributed by atoms with Crippen molar-refractivity contribution in [2.45, 2.75) is 83.5 Å². The number of rotatable bonds is 10. The summed E-state index contributed by atoms with van der Waals surface area (Å²) in [5, 5.41) is 13.7. The summed E-state index contributed by atoms with van der Waals surface area (Å²) in [5.41, 5.74) is 3.02. The predicted molar refractivity (Wildman–Crippen MR) is 160 cm³/mol. The van der Waals surface area contributed by atoms with Crippen LogP contribution in [0.4, 0.5) is 0 Å². The second kappa shape index (κ2) is 13.0. The number of aromatic nitrogens is 1. The highest BCUT2D eigenvalue weighted by molar-refractivity contribution is 6.31. The number of fused-ring (bicyclic) bond motifs is 1. The first-order valence-corrected chi connectivity index (χ1v) is 14.6. The molecule has 1 saturated carbocycles. The van der Waals surface area contributed by atoms with Crippen molar-refractivity contribution in [2.75, 3.05) is 20.6 Å². The Kier molecular flexibility index (Phi) is 9.72. The number of allylic oxidation sites excluding steroid dienone is 1. The van der Waals surface area contributed by atoms with Gasteiger partial charge in [-0.1, -0.05) is 36.9 Å². The highest BCUT2D eigenvalue weighted by Crippen LogP contribution is 2.34. The van der Waals surface area contributed by atoms with Crippen molar-refractivity contribution in [3.8, 4) is 0 Å². The Morgan fingerprint density at radius 2 is 1.97 bits per heavy atom. The van der Waals surface area contributed by atoms with Crippen molar-refractivity contribution in [1.29, 1.82) is 0 Å². The number of benzene rings is 1. The Hall–Kier alpha value is -2.84. The van der Waals surface area contributed by atoms with Crippen molar-refractivity contribution in [2.24, 2.45) is 11.0 Å². The van der Waals surface area contributed by atoms with E-state index in [1.54, 1.807) is 12.1 Å². The summed E-state index contributed by atoms with van der Waals surface area (Å²) in [5.74, 6) is 0.125. The van der Waals surface area contributed by atoms with Gasteiger partial charge in [0.1, 0.15) is 6.04 Å². The lowest BCUT2D eigenvalue weighted by atomic mass is 9.83. The molecular weight excluding hydrogens is 512 g/mol. The average molecular weight is 555 g/mol. The lowest BCUT2D eigenvalue weighted by Crippen LogP contribution is -2.56. The molecule has 1 aromatic heterocycles. The summed E-state index contributed by atoms with van der Waals surface area (Å²) in [6, 6.07) is 5.15. The van der Waals surface area contributed by atoms with Gasteiger partial charge in [-0.05, 0) is 70.7 Å². The number of carbonyl (C=O) groups is 2. The number of hydrogen-bond acceptors (Lipinski definition) is 5. The van der Waals surface area contributed by atoms with E-state index in [0.29, 0.717) is 18.1 Å². The topological polar surface area (TPSA) is 82.0 Å². The molecule has 1 aromatic carbocycles. The van der Waals surface area contributed by atoms with Crippen LogP contribution in [0.1, 0.15) is 64.4 Å². The third kappa shape index (κ3) is 6.33. The van der Waals surface area contributed by atoms with E-state index >= 15 is 0 Å². The van der Waals surface area contributed by atoms with Gasteiger partial charge in [-0.3, -0.25) is 14.6 Å². The molecule has 39 heavy (non-hydrogen) atoms. The minimum Gasteiger partial charge on any atom is -0.345 e. The van der Waals surface area contributed by atoms with Crippen LogP contribution in [0.5, 0.6) is 0 Å². The molecule has 0 bridgehead atoms. The van der Waals surface area contributed by atoms with Crippen molar-refractivity contribution >= 4 is 46.7 Å². The number of amides is 2. The van der Waals surface area contributed by atoms with E-state index in [1.807, 2.05) is 50.1 Å². The first kappa shape index (κ1) is 29.2. The van der Waals surface area contributed by atoms with Gasteiger partial charge in [-0.15, -0.1) is 0 Å². The van der Waals surface area contributed by atoms with Gasteiger partial charge >= 0.3 is 0 Å². The molecule has 9 heteroatoms. The molecule has 4 rings (SSSR count). The van der Waals surface area contributed by atoms with Gasteiger partial charge in [0, 0.05) is 60.6 Å². The highest BCUT2D eigenvalue weighted by Gasteiger charge is 2.39. The third-order valence-electron chi connectivity index (χ3n) is 8.53. The molecule has 2 aliphatic rings. The van der Waals surface area contributed by atoms with Gasteiger partial charge in [-0.25, -0.2) is 0 Å². The number of nitrogens with zero attached hydrogens (tertiary/aromatic N) is 4. The van der Waals surface area contributed by atoms with Gasteiger partial charge in [0.2, 0.25) is 11.8 Å². The number of likely N-dealkylation sites (N-methyl/N-ethyl adjacent to an activating group) is 1. The molecule has 8 nitrogen and oxygen atoms in total. The average Bonchev–Trinajstić information content (AvgIpc) is 3.56. The number of hydrogen-bond donors (Lipinski definition) is 2. The monoisotopic (exact) mass is 554 g/mol. The fourth-order valence-corrected chi connectivity index (χ4v) is 6.37. The van der Waals surface area contributed by atoms with Crippen LogP contribution in [0.2, 0.25) is 5.02 Å². The zero-order valence-electron chi connectivity index (χ0n) is 23.8. The van der Waals surface area contributed by atoms with Gasteiger partial charge in [0.05, 0.1) is 11.7 Å². The minimum atomic E-state index is -0.480. The van der Waals surface area contributed by atoms with E-state index in [1.165, 1.54) is 6.42 Å². The highest BCUT2D eigenvalue weighted by atomic mass is 35.5. The second-order valence-corrected chi connectivity index (χ2v) is 11.4. The molecule has 0 radical (unpaired) electrons. The summed E-state index contributed by atoms with van der Waals surface area (Å²) in [7, 11) is 3.64. The maximum Gasteiger partial charge on any atom is 0.245 e. The standard InChI is InChI=1S/C30H43ClN6O2/c1-6-26(35(5)33-4)25-19-36(27-15-14-22(31)17-24(25)27)18-23-13-10-16-37(23)30(39)28(21-11-8-7-9-12-21)34-29(38)20(2)32-3/h6,14-15,17,19-21,23,28,32H,4,7-13,16,18H2,1-3,5H3,(H,34,38)/b26-6-/t20-,23-,28-/m0/s1. The Bertz CT molecular complexity index is 1220. The van der Waals surface area contributed by atoms with E-state index in [9.17, 15) is 9.59 Å². The van der Waals surface area contributed by atoms with Crippen LogP contribution in [0.15, 0.2) is 35.6 Å². The van der Waals surface area contributed by atoms with E-state index < -0.39 is 6.04 Å². The number of carbonyl (C=O) groups excluding carboxylic acids is 2. The first-order chi connectivity index (χ1) is 18.8. The quantitative estimate of drug-likeness (QED) is 0.324. The summed E-state index contributed by atoms with van der Waals surface area (Å²) < 4.78 is 2.23. The van der Waals surface area contributed by atoms with E-state index in [0.717, 1.165) is 60.7 Å². The number of nitrogens with one attached hydrogen (secondary N) is 2. The Labute approximate surface area is 237 Å². The molecule has 2 heterocycles. The SMILES string of the molecule is C=NN(C)/C(=C\C)c1cn(C[C@@H]2CCCN2C(=O)[C@@H](NC(=O)[C@H](C)NC)C2CCCCC2)c2ccc(Cl)cc12. The Balaban J connectivity index is 1.63. The van der Waals surface area contributed by atoms with Crippen molar-refractivity contribution in [3.05, 3.63) is 41.1 Å². The molecule has 1 aliphatic heterocycles. The lowest BCUT2D eigenvalue weighted by Gasteiger charge is -2.35. The minimum absolute atomic E-state index is 0.0469. The molecule has 3 atom stereocenters. The molecule has 2 fully saturated rings. The maximum atomic E-state index is 14.1. The van der Waals surface area contributed by atoms with Gasteiger partial charge in [0.25, 0.3) is 0 Å². The number of halogens is 1. The smallest absolute Gasteiger partial charge is 0.245 e.